The van der Waals surface area contributed by atoms with Crippen LogP contribution in [0.4, 0.5) is 5.82 Å². The van der Waals surface area contributed by atoms with Crippen molar-refractivity contribution in [2.24, 2.45) is 0 Å². The lowest BCUT2D eigenvalue weighted by molar-refractivity contribution is -0.136. The van der Waals surface area contributed by atoms with Gasteiger partial charge in [0.05, 0.1) is 60.5 Å². The van der Waals surface area contributed by atoms with Gasteiger partial charge in [0.25, 0.3) is 11.8 Å². The van der Waals surface area contributed by atoms with E-state index in [-0.39, 0.29) is 36.7 Å². The molecule has 3 aliphatic rings. The van der Waals surface area contributed by atoms with Crippen LogP contribution in [0.25, 0.3) is 31.9 Å². The minimum Gasteiger partial charge on any atom is -0.491 e. The molecule has 55 heavy (non-hydrogen) atoms. The van der Waals surface area contributed by atoms with E-state index in [0.29, 0.717) is 38.8 Å². The van der Waals surface area contributed by atoms with Crippen molar-refractivity contribution < 1.29 is 38.1 Å². The van der Waals surface area contributed by atoms with Crippen molar-refractivity contribution in [2.45, 2.75) is 31.4 Å². The van der Waals surface area contributed by atoms with E-state index in [1.165, 1.54) is 12.1 Å². The number of hydrogen-bond donors (Lipinski definition) is 1. The SMILES string of the molecule is O=C1CCC(N2C(=O)c3ccc(OCCOCCOCCOC4CCN(c5ccc(-c6nc7ccc(-c8cccnc8)cc7s6)cn5)C4)cc3C2=O)C(=O)N1. The molecule has 8 rings (SSSR count). The summed E-state index contributed by atoms with van der Waals surface area (Å²) in [5, 5.41) is 3.13. The number of amides is 4. The molecule has 6 heterocycles. The highest BCUT2D eigenvalue weighted by Crippen LogP contribution is 2.34. The number of ether oxygens (including phenoxy) is 4. The number of pyridine rings is 2. The lowest BCUT2D eigenvalue weighted by Crippen LogP contribution is -2.54. The minimum absolute atomic E-state index is 0.0650. The van der Waals surface area contributed by atoms with Crippen molar-refractivity contribution in [1.29, 1.82) is 0 Å². The van der Waals surface area contributed by atoms with E-state index in [1.54, 1.807) is 23.6 Å². The summed E-state index contributed by atoms with van der Waals surface area (Å²) in [5.41, 5.74) is 4.52. The lowest BCUT2D eigenvalue weighted by atomic mass is 10.0. The smallest absolute Gasteiger partial charge is 0.262 e. The van der Waals surface area contributed by atoms with Gasteiger partial charge in [-0.15, -0.1) is 11.3 Å². The number of fused-ring (bicyclic) bond motifs is 2. The molecule has 2 fully saturated rings. The minimum atomic E-state index is -1.01. The van der Waals surface area contributed by atoms with Crippen LogP contribution in [0.3, 0.4) is 0 Å². The monoisotopic (exact) mass is 762 g/mol. The Bertz CT molecular complexity index is 2210. The third-order valence-electron chi connectivity index (χ3n) is 9.71. The molecule has 1 N–H and O–H groups in total. The zero-order valence-electron chi connectivity index (χ0n) is 29.8. The summed E-state index contributed by atoms with van der Waals surface area (Å²) < 4.78 is 24.2. The van der Waals surface area contributed by atoms with E-state index in [1.807, 2.05) is 24.5 Å². The van der Waals surface area contributed by atoms with Crippen molar-refractivity contribution in [1.82, 2.24) is 25.2 Å². The second kappa shape index (κ2) is 16.4. The van der Waals surface area contributed by atoms with Gasteiger partial charge in [0, 0.05) is 49.2 Å². The molecule has 0 radical (unpaired) electrons. The second-order valence-corrected chi connectivity index (χ2v) is 14.3. The Labute approximate surface area is 320 Å². The van der Waals surface area contributed by atoms with Gasteiger partial charge in [0.2, 0.25) is 11.8 Å². The fraction of sp³-hybridized carbons (Fsp3) is 0.325. The molecule has 3 aliphatic heterocycles. The molecule has 0 aliphatic carbocycles. The number of anilines is 1. The van der Waals surface area contributed by atoms with Gasteiger partial charge < -0.3 is 23.8 Å². The normalized spacial score (nSPS) is 18.3. The third kappa shape index (κ3) is 8.10. The number of benzene rings is 2. The van der Waals surface area contributed by atoms with Crippen LogP contribution in [0.1, 0.15) is 40.0 Å². The molecule has 2 aromatic carbocycles. The van der Waals surface area contributed by atoms with Crippen molar-refractivity contribution in [3.63, 3.8) is 0 Å². The number of carbonyl (C=O) groups excluding carboxylic acids is 4. The topological polar surface area (TPSA) is 162 Å². The fourth-order valence-electron chi connectivity index (χ4n) is 6.89. The van der Waals surface area contributed by atoms with Crippen LogP contribution >= 0.6 is 11.3 Å². The Balaban J connectivity index is 0.702. The first-order valence-corrected chi connectivity index (χ1v) is 19.0. The predicted molar refractivity (Wildman–Crippen MR) is 203 cm³/mol. The summed E-state index contributed by atoms with van der Waals surface area (Å²) >= 11 is 1.66. The molecule has 282 valence electrons. The number of nitrogens with one attached hydrogen (secondary N) is 1. The van der Waals surface area contributed by atoms with E-state index in [4.69, 9.17) is 28.9 Å². The lowest BCUT2D eigenvalue weighted by Gasteiger charge is -2.27. The van der Waals surface area contributed by atoms with E-state index < -0.39 is 29.7 Å². The number of aromatic nitrogens is 3. The number of thiazole rings is 1. The number of imide groups is 2. The van der Waals surface area contributed by atoms with Gasteiger partial charge in [-0.3, -0.25) is 34.4 Å². The Morgan fingerprint density at radius 1 is 0.800 bits per heavy atom. The average Bonchev–Trinajstić information content (AvgIpc) is 3.92. The number of nitrogens with zero attached hydrogens (tertiary/aromatic N) is 5. The quantitative estimate of drug-likeness (QED) is 0.117. The van der Waals surface area contributed by atoms with E-state index in [9.17, 15) is 19.2 Å². The second-order valence-electron chi connectivity index (χ2n) is 13.3. The first-order valence-electron chi connectivity index (χ1n) is 18.2. The largest absolute Gasteiger partial charge is 0.491 e. The Hall–Kier alpha value is -5.61. The summed E-state index contributed by atoms with van der Waals surface area (Å²) in [7, 11) is 0. The maximum Gasteiger partial charge on any atom is 0.262 e. The Morgan fingerprint density at radius 2 is 1.62 bits per heavy atom. The number of rotatable bonds is 15. The standard InChI is InChI=1S/C40H38N6O8S/c47-36-10-8-33(37(48)44-36)46-39(49)30-6-5-28(21-31(30)40(46)50)53-18-16-51-14-15-52-17-19-54-29-11-13-45(24-29)35-9-4-27(23-42-35)38-43-32-7-3-25(20-34(32)55-38)26-2-1-12-41-22-26/h1-7,9,12,20-23,29,33H,8,10-11,13-19,24H2,(H,44,47,48). The van der Waals surface area contributed by atoms with Gasteiger partial charge in [-0.25, -0.2) is 9.97 Å². The first-order chi connectivity index (χ1) is 26.9. The van der Waals surface area contributed by atoms with Crippen LogP contribution in [-0.4, -0.2) is 108 Å². The summed E-state index contributed by atoms with van der Waals surface area (Å²) in [6, 6.07) is 18.0. The predicted octanol–water partition coefficient (Wildman–Crippen LogP) is 4.53. The fourth-order valence-corrected chi connectivity index (χ4v) is 7.88. The number of carbonyl (C=O) groups is 4. The van der Waals surface area contributed by atoms with Crippen molar-refractivity contribution in [2.75, 3.05) is 57.6 Å². The molecule has 0 bridgehead atoms. The van der Waals surface area contributed by atoms with E-state index >= 15 is 0 Å². The first kappa shape index (κ1) is 36.4. The number of hydrogen-bond acceptors (Lipinski definition) is 13. The molecular weight excluding hydrogens is 725 g/mol. The molecule has 2 atom stereocenters. The molecule has 2 unspecified atom stereocenters. The highest BCUT2D eigenvalue weighted by atomic mass is 32.1. The molecule has 2 saturated heterocycles. The zero-order chi connectivity index (χ0) is 37.7. The van der Waals surface area contributed by atoms with Crippen molar-refractivity contribution >= 4 is 51.0 Å². The van der Waals surface area contributed by atoms with Crippen LogP contribution in [0, 0.1) is 0 Å². The molecule has 0 saturated carbocycles. The molecular formula is C40H38N6O8S. The van der Waals surface area contributed by atoms with Crippen molar-refractivity contribution in [3.8, 4) is 27.4 Å². The number of piperidine rings is 1. The Morgan fingerprint density at radius 3 is 2.42 bits per heavy atom. The summed E-state index contributed by atoms with van der Waals surface area (Å²) in [6.45, 7) is 3.88. The van der Waals surface area contributed by atoms with Gasteiger partial charge in [-0.1, -0.05) is 12.1 Å². The van der Waals surface area contributed by atoms with Gasteiger partial charge in [0.15, 0.2) is 0 Å². The third-order valence-corrected chi connectivity index (χ3v) is 10.8. The molecule has 4 amide bonds. The van der Waals surface area contributed by atoms with Crippen LogP contribution in [0.5, 0.6) is 5.75 Å². The highest BCUT2D eigenvalue weighted by molar-refractivity contribution is 7.21. The van der Waals surface area contributed by atoms with Crippen LogP contribution < -0.4 is 15.0 Å². The zero-order valence-corrected chi connectivity index (χ0v) is 30.7. The molecule has 5 aromatic rings. The molecule has 15 heteroatoms. The molecule has 0 spiro atoms. The maximum absolute atomic E-state index is 13.0. The van der Waals surface area contributed by atoms with Crippen LogP contribution in [-0.2, 0) is 23.8 Å². The van der Waals surface area contributed by atoms with Gasteiger partial charge in [-0.2, -0.15) is 0 Å². The van der Waals surface area contributed by atoms with Gasteiger partial charge >= 0.3 is 0 Å². The summed E-state index contributed by atoms with van der Waals surface area (Å²) in [4.78, 5) is 66.6. The van der Waals surface area contributed by atoms with Crippen molar-refractivity contribution in [3.05, 3.63) is 90.4 Å². The van der Waals surface area contributed by atoms with Crippen LogP contribution in [0.2, 0.25) is 0 Å². The summed E-state index contributed by atoms with van der Waals surface area (Å²) in [6.07, 6.45) is 6.72. The summed E-state index contributed by atoms with van der Waals surface area (Å²) in [5.74, 6) is -0.878. The molecule has 14 nitrogen and oxygen atoms in total. The maximum atomic E-state index is 13.0. The Kier molecular flexibility index (Phi) is 10.8. The average molecular weight is 763 g/mol. The molecule has 3 aromatic heterocycles. The van der Waals surface area contributed by atoms with Crippen LogP contribution in [0.15, 0.2) is 79.3 Å². The van der Waals surface area contributed by atoms with Gasteiger partial charge in [-0.05, 0) is 66.9 Å². The van der Waals surface area contributed by atoms with E-state index in [2.05, 4.69) is 45.5 Å². The van der Waals surface area contributed by atoms with Gasteiger partial charge in [0.1, 0.15) is 29.2 Å². The van der Waals surface area contributed by atoms with E-state index in [0.717, 1.165) is 62.1 Å². The highest BCUT2D eigenvalue weighted by Gasteiger charge is 2.44.